The fraction of sp³-hybridized carbons (Fsp3) is 0.368. The molecule has 0 aliphatic heterocycles. The van der Waals surface area contributed by atoms with Crippen LogP contribution in [0.2, 0.25) is 0 Å². The lowest BCUT2D eigenvalue weighted by Gasteiger charge is -2.08. The minimum Gasteiger partial charge on any atom is -0.497 e. The van der Waals surface area contributed by atoms with E-state index in [1.165, 1.54) is 0 Å². The molecule has 0 fully saturated rings. The average Bonchev–Trinajstić information content (AvgIpc) is 2.60. The number of hydrogen-bond donors (Lipinski definition) is 2. The van der Waals surface area contributed by atoms with E-state index in [1.807, 2.05) is 49.4 Å². The molecule has 5 nitrogen and oxygen atoms in total. The number of hydrogen-bond acceptors (Lipinski definition) is 4. The first-order chi connectivity index (χ1) is 11.4. The highest BCUT2D eigenvalue weighted by Gasteiger charge is 2.13. The molecule has 0 aliphatic carbocycles. The van der Waals surface area contributed by atoms with Crippen molar-refractivity contribution in [1.82, 2.24) is 0 Å². The van der Waals surface area contributed by atoms with Crippen LogP contribution in [0.3, 0.4) is 0 Å². The van der Waals surface area contributed by atoms with Gasteiger partial charge in [-0.05, 0) is 41.8 Å². The third kappa shape index (κ3) is 5.56. The SMILES string of the molecule is CC[C@@H](N)CC#N.COc1ccc2cc([C@H](C)C(=O)O)ccc2c1. The Morgan fingerprint density at radius 1 is 1.29 bits per heavy atom. The molecule has 0 aliphatic rings. The first kappa shape index (κ1) is 19.5. The van der Waals surface area contributed by atoms with Gasteiger partial charge in [-0.3, -0.25) is 4.79 Å². The zero-order chi connectivity index (χ0) is 18.1. The second kappa shape index (κ2) is 9.53. The lowest BCUT2D eigenvalue weighted by atomic mass is 9.98. The van der Waals surface area contributed by atoms with Crippen LogP contribution in [0, 0.1) is 11.3 Å². The topological polar surface area (TPSA) is 96.3 Å². The number of nitrogens with two attached hydrogens (primary N) is 1. The normalized spacial score (nSPS) is 12.5. The first-order valence-electron chi connectivity index (χ1n) is 7.85. The average molecular weight is 328 g/mol. The van der Waals surface area contributed by atoms with Crippen molar-refractivity contribution in [2.45, 2.75) is 38.6 Å². The second-order valence-corrected chi connectivity index (χ2v) is 5.56. The molecule has 0 unspecified atom stereocenters. The van der Waals surface area contributed by atoms with Crippen LogP contribution in [0.15, 0.2) is 36.4 Å². The maximum Gasteiger partial charge on any atom is 0.310 e. The van der Waals surface area contributed by atoms with Crippen molar-refractivity contribution in [3.8, 4) is 11.8 Å². The number of ether oxygens (including phenoxy) is 1. The van der Waals surface area contributed by atoms with Crippen molar-refractivity contribution < 1.29 is 14.6 Å². The zero-order valence-corrected chi connectivity index (χ0v) is 14.3. The number of nitriles is 1. The fourth-order valence-corrected chi connectivity index (χ4v) is 2.04. The molecular formula is C19H24N2O3. The first-order valence-corrected chi connectivity index (χ1v) is 7.85. The number of benzene rings is 2. The molecule has 0 saturated carbocycles. The van der Waals surface area contributed by atoms with Crippen molar-refractivity contribution in [3.63, 3.8) is 0 Å². The number of aliphatic carboxylic acids is 1. The Morgan fingerprint density at radius 2 is 1.92 bits per heavy atom. The lowest BCUT2D eigenvalue weighted by Crippen LogP contribution is -2.16. The number of carboxylic acids is 1. The monoisotopic (exact) mass is 328 g/mol. The molecular weight excluding hydrogens is 304 g/mol. The van der Waals surface area contributed by atoms with Gasteiger partial charge in [-0.2, -0.15) is 5.26 Å². The summed E-state index contributed by atoms with van der Waals surface area (Å²) < 4.78 is 5.14. The molecule has 2 rings (SSSR count). The van der Waals surface area contributed by atoms with Crippen molar-refractivity contribution in [2.75, 3.05) is 7.11 Å². The molecule has 0 bridgehead atoms. The van der Waals surface area contributed by atoms with Crippen LogP contribution in [-0.4, -0.2) is 24.2 Å². The summed E-state index contributed by atoms with van der Waals surface area (Å²) in [4.78, 5) is 10.9. The second-order valence-electron chi connectivity index (χ2n) is 5.56. The summed E-state index contributed by atoms with van der Waals surface area (Å²) >= 11 is 0. The van der Waals surface area contributed by atoms with E-state index in [4.69, 9.17) is 20.8 Å². The van der Waals surface area contributed by atoms with Crippen LogP contribution in [0.25, 0.3) is 10.8 Å². The summed E-state index contributed by atoms with van der Waals surface area (Å²) in [6.45, 7) is 3.66. The van der Waals surface area contributed by atoms with Gasteiger partial charge in [0.2, 0.25) is 0 Å². The Balaban J connectivity index is 0.000000351. The largest absolute Gasteiger partial charge is 0.497 e. The minimum atomic E-state index is -0.808. The summed E-state index contributed by atoms with van der Waals surface area (Å²) in [6, 6.07) is 13.5. The van der Waals surface area contributed by atoms with Crippen molar-refractivity contribution in [3.05, 3.63) is 42.0 Å². The van der Waals surface area contributed by atoms with Crippen LogP contribution in [0.1, 0.15) is 38.2 Å². The Bertz CT molecular complexity index is 722. The summed E-state index contributed by atoms with van der Waals surface area (Å²) in [6.07, 6.45) is 1.38. The maximum atomic E-state index is 10.9. The van der Waals surface area contributed by atoms with E-state index < -0.39 is 11.9 Å². The minimum absolute atomic E-state index is 0.0880. The van der Waals surface area contributed by atoms with Crippen LogP contribution >= 0.6 is 0 Å². The molecule has 5 heteroatoms. The van der Waals surface area contributed by atoms with E-state index in [1.54, 1.807) is 14.0 Å². The highest BCUT2D eigenvalue weighted by Crippen LogP contribution is 2.25. The van der Waals surface area contributed by atoms with Crippen molar-refractivity contribution in [1.29, 1.82) is 5.26 Å². The van der Waals surface area contributed by atoms with E-state index in [0.29, 0.717) is 6.42 Å². The molecule has 0 spiro atoms. The fourth-order valence-electron chi connectivity index (χ4n) is 2.04. The molecule has 3 N–H and O–H groups in total. The quantitative estimate of drug-likeness (QED) is 0.873. The van der Waals surface area contributed by atoms with Gasteiger partial charge in [0.05, 0.1) is 25.5 Å². The molecule has 24 heavy (non-hydrogen) atoms. The molecule has 128 valence electrons. The van der Waals surface area contributed by atoms with Gasteiger partial charge in [-0.1, -0.05) is 31.2 Å². The number of carboxylic acid groups (broad SMARTS) is 1. The van der Waals surface area contributed by atoms with E-state index in [0.717, 1.165) is 28.5 Å². The molecule has 2 atom stereocenters. The molecule has 0 aromatic heterocycles. The summed E-state index contributed by atoms with van der Waals surface area (Å²) in [5, 5.41) is 19.1. The summed E-state index contributed by atoms with van der Waals surface area (Å²) in [5.74, 6) is -0.490. The lowest BCUT2D eigenvalue weighted by molar-refractivity contribution is -0.138. The third-order valence-corrected chi connectivity index (χ3v) is 3.82. The highest BCUT2D eigenvalue weighted by molar-refractivity contribution is 5.86. The number of fused-ring (bicyclic) bond motifs is 1. The van der Waals surface area contributed by atoms with Gasteiger partial charge in [0.1, 0.15) is 5.75 Å². The third-order valence-electron chi connectivity index (χ3n) is 3.82. The van der Waals surface area contributed by atoms with Crippen LogP contribution in [-0.2, 0) is 4.79 Å². The molecule has 0 saturated heterocycles. The number of carbonyl (C=O) groups is 1. The predicted molar refractivity (Wildman–Crippen MR) is 95.0 cm³/mol. The smallest absolute Gasteiger partial charge is 0.310 e. The van der Waals surface area contributed by atoms with Crippen LogP contribution in [0.5, 0.6) is 5.75 Å². The van der Waals surface area contributed by atoms with E-state index >= 15 is 0 Å². The van der Waals surface area contributed by atoms with E-state index in [9.17, 15) is 4.79 Å². The molecule has 0 radical (unpaired) electrons. The Labute approximate surface area is 142 Å². The molecule has 0 amide bonds. The van der Waals surface area contributed by atoms with E-state index in [-0.39, 0.29) is 6.04 Å². The van der Waals surface area contributed by atoms with Crippen molar-refractivity contribution in [2.24, 2.45) is 5.73 Å². The summed E-state index contributed by atoms with van der Waals surface area (Å²) in [5.41, 5.74) is 6.18. The highest BCUT2D eigenvalue weighted by atomic mass is 16.5. The number of methoxy groups -OCH3 is 1. The van der Waals surface area contributed by atoms with E-state index in [2.05, 4.69) is 0 Å². The number of nitrogens with zero attached hydrogens (tertiary/aromatic N) is 1. The van der Waals surface area contributed by atoms with Gasteiger partial charge in [0.15, 0.2) is 0 Å². The van der Waals surface area contributed by atoms with Gasteiger partial charge >= 0.3 is 5.97 Å². The molecule has 0 heterocycles. The van der Waals surface area contributed by atoms with Gasteiger partial charge in [0.25, 0.3) is 0 Å². The Hall–Kier alpha value is -2.58. The van der Waals surface area contributed by atoms with Crippen LogP contribution in [0.4, 0.5) is 0 Å². The van der Waals surface area contributed by atoms with Gasteiger partial charge < -0.3 is 15.6 Å². The van der Waals surface area contributed by atoms with Gasteiger partial charge in [-0.25, -0.2) is 0 Å². The van der Waals surface area contributed by atoms with Crippen LogP contribution < -0.4 is 10.5 Å². The van der Waals surface area contributed by atoms with Gasteiger partial charge in [0, 0.05) is 6.04 Å². The maximum absolute atomic E-state index is 10.9. The number of rotatable bonds is 5. The zero-order valence-electron chi connectivity index (χ0n) is 14.3. The van der Waals surface area contributed by atoms with Crippen molar-refractivity contribution >= 4 is 16.7 Å². The molecule has 2 aromatic carbocycles. The molecule has 2 aromatic rings. The predicted octanol–water partition coefficient (Wildman–Crippen LogP) is 3.67. The van der Waals surface area contributed by atoms with Gasteiger partial charge in [-0.15, -0.1) is 0 Å². The Morgan fingerprint density at radius 3 is 2.42 bits per heavy atom. The summed E-state index contributed by atoms with van der Waals surface area (Å²) in [7, 11) is 1.63. The standard InChI is InChI=1S/C14H14O3.C5H10N2/c1-9(14(15)16)10-3-4-12-8-13(17-2)6-5-11(12)7-10;1-2-5(7)3-4-6/h3-9H,1-2H3,(H,15,16);5H,2-3,7H2,1H3/t9-;5-/m01/s1. The Kier molecular flexibility index (Phi) is 7.73.